The Labute approximate surface area is 123 Å². The third-order valence-electron chi connectivity index (χ3n) is 5.91. The fraction of sp³-hybridized carbons (Fsp3) is 0.867. The molecule has 4 rings (SSSR count). The molecule has 1 saturated heterocycles. The number of fused-ring (bicyclic) bond motifs is 5. The lowest BCUT2D eigenvalue weighted by Crippen LogP contribution is -2.65. The van der Waals surface area contributed by atoms with Gasteiger partial charge in [-0.15, -0.1) is 0 Å². The van der Waals surface area contributed by atoms with Crippen LogP contribution in [0.5, 0.6) is 0 Å². The van der Waals surface area contributed by atoms with Crippen LogP contribution in [0, 0.1) is 23.7 Å². The molecule has 4 unspecified atom stereocenters. The fourth-order valence-corrected chi connectivity index (χ4v) is 4.98. The number of amides is 2. The summed E-state index contributed by atoms with van der Waals surface area (Å²) in [6, 6.07) is 0.390. The van der Waals surface area contributed by atoms with E-state index in [-0.39, 0.29) is 12.6 Å². The van der Waals surface area contributed by atoms with Crippen LogP contribution < -0.4 is 5.32 Å². The molecule has 4 atom stereocenters. The highest BCUT2D eigenvalue weighted by atomic mass is 16.5. The number of carbonyl (C=O) groups is 2. The van der Waals surface area contributed by atoms with E-state index in [2.05, 4.69) is 5.32 Å². The number of nitrogens with zero attached hydrogens (tertiary/aromatic N) is 1. The first kappa shape index (κ1) is 13.4. The van der Waals surface area contributed by atoms with Crippen LogP contribution in [0.25, 0.3) is 0 Å². The van der Waals surface area contributed by atoms with Crippen LogP contribution in [-0.2, 0) is 9.53 Å². The number of carboxylic acid groups (broad SMARTS) is 1. The lowest BCUT2D eigenvalue weighted by atomic mass is 9.97. The molecule has 6 heteroatoms. The minimum absolute atomic E-state index is 0.00907. The van der Waals surface area contributed by atoms with Gasteiger partial charge in [0.05, 0.1) is 13.1 Å². The van der Waals surface area contributed by atoms with Gasteiger partial charge >= 0.3 is 12.0 Å². The summed E-state index contributed by atoms with van der Waals surface area (Å²) in [6.07, 6.45) is 4.08. The van der Waals surface area contributed by atoms with Crippen LogP contribution in [-0.4, -0.2) is 53.3 Å². The Morgan fingerprint density at radius 1 is 1.29 bits per heavy atom. The second-order valence-electron chi connectivity index (χ2n) is 7.45. The molecule has 1 heterocycles. The minimum atomic E-state index is -0.972. The highest BCUT2D eigenvalue weighted by Crippen LogP contribution is 2.65. The van der Waals surface area contributed by atoms with Gasteiger partial charge in [0, 0.05) is 6.04 Å². The van der Waals surface area contributed by atoms with Gasteiger partial charge in [-0.25, -0.2) is 9.59 Å². The highest BCUT2D eigenvalue weighted by Gasteiger charge is 2.65. The van der Waals surface area contributed by atoms with E-state index in [0.717, 1.165) is 23.7 Å². The largest absolute Gasteiger partial charge is 0.480 e. The number of aliphatic carboxylic acids is 1. The van der Waals surface area contributed by atoms with Crippen molar-refractivity contribution in [3.8, 4) is 0 Å². The molecule has 3 saturated carbocycles. The Morgan fingerprint density at radius 2 is 1.90 bits per heavy atom. The molecular weight excluding hydrogens is 272 g/mol. The highest BCUT2D eigenvalue weighted by molar-refractivity contribution is 5.76. The van der Waals surface area contributed by atoms with E-state index in [1.165, 1.54) is 19.3 Å². The molecule has 2 amide bonds. The van der Waals surface area contributed by atoms with Crippen molar-refractivity contribution in [3.05, 3.63) is 0 Å². The zero-order chi connectivity index (χ0) is 14.8. The summed E-state index contributed by atoms with van der Waals surface area (Å²) in [6.45, 7) is 2.50. The number of urea groups is 1. The third kappa shape index (κ3) is 2.11. The van der Waals surface area contributed by atoms with Crippen LogP contribution in [0.1, 0.15) is 26.2 Å². The summed E-state index contributed by atoms with van der Waals surface area (Å²) in [5.41, 5.74) is -0.506. The van der Waals surface area contributed by atoms with E-state index in [0.29, 0.717) is 19.1 Å². The molecular formula is C15H22N2O4. The molecule has 21 heavy (non-hydrogen) atoms. The fourth-order valence-electron chi connectivity index (χ4n) is 4.98. The Morgan fingerprint density at radius 3 is 2.48 bits per heavy atom. The van der Waals surface area contributed by atoms with E-state index in [1.54, 1.807) is 4.90 Å². The smallest absolute Gasteiger partial charge is 0.329 e. The first-order valence-corrected chi connectivity index (χ1v) is 7.88. The summed E-state index contributed by atoms with van der Waals surface area (Å²) >= 11 is 0. The molecule has 4 fully saturated rings. The van der Waals surface area contributed by atoms with Gasteiger partial charge in [0.25, 0.3) is 0 Å². The lowest BCUT2D eigenvalue weighted by molar-refractivity contribution is -0.159. The standard InChI is InChI=1S/C15H22N2O4/c1-15(21-5-10(18)19)6-17(7-15)14(20)16-13-11-8-2-3-9(4-8)12(11)13/h8-9,11-13H,2-7H2,1H3,(H,16,20)(H,18,19). The van der Waals surface area contributed by atoms with Crippen molar-refractivity contribution in [2.24, 2.45) is 23.7 Å². The number of hydrogen-bond acceptors (Lipinski definition) is 3. The maximum atomic E-state index is 12.2. The molecule has 0 aromatic rings. The first-order valence-electron chi connectivity index (χ1n) is 7.88. The summed E-state index contributed by atoms with van der Waals surface area (Å²) in [5.74, 6) is 2.21. The molecule has 2 bridgehead atoms. The van der Waals surface area contributed by atoms with Crippen molar-refractivity contribution in [3.63, 3.8) is 0 Å². The predicted octanol–water partition coefficient (Wildman–Crippen LogP) is 0.916. The number of hydrogen-bond donors (Lipinski definition) is 2. The van der Waals surface area contributed by atoms with E-state index in [1.807, 2.05) is 6.92 Å². The van der Waals surface area contributed by atoms with Gasteiger partial charge in [0.15, 0.2) is 0 Å². The number of likely N-dealkylation sites (tertiary alicyclic amines) is 1. The molecule has 4 aliphatic rings. The lowest BCUT2D eigenvalue weighted by Gasteiger charge is -2.47. The van der Waals surface area contributed by atoms with Crippen LogP contribution in [0.2, 0.25) is 0 Å². The molecule has 1 aliphatic heterocycles. The van der Waals surface area contributed by atoms with Crippen LogP contribution >= 0.6 is 0 Å². The van der Waals surface area contributed by atoms with Crippen molar-refractivity contribution in [2.75, 3.05) is 19.7 Å². The normalized spacial score (nSPS) is 41.4. The summed E-state index contributed by atoms with van der Waals surface area (Å²) in [4.78, 5) is 24.4. The monoisotopic (exact) mass is 294 g/mol. The van der Waals surface area contributed by atoms with Gasteiger partial charge in [0.1, 0.15) is 12.2 Å². The molecule has 2 N–H and O–H groups in total. The summed E-state index contributed by atoms with van der Waals surface area (Å²) in [7, 11) is 0. The number of rotatable bonds is 4. The quantitative estimate of drug-likeness (QED) is 0.808. The van der Waals surface area contributed by atoms with E-state index < -0.39 is 11.6 Å². The third-order valence-corrected chi connectivity index (χ3v) is 5.91. The second-order valence-corrected chi connectivity index (χ2v) is 7.45. The van der Waals surface area contributed by atoms with Crippen molar-refractivity contribution >= 4 is 12.0 Å². The van der Waals surface area contributed by atoms with Crippen molar-refractivity contribution in [1.29, 1.82) is 0 Å². The summed E-state index contributed by atoms with van der Waals surface area (Å²) in [5, 5.41) is 11.8. The topological polar surface area (TPSA) is 78.9 Å². The Hall–Kier alpha value is -1.30. The molecule has 0 radical (unpaired) electrons. The zero-order valence-electron chi connectivity index (χ0n) is 12.2. The Balaban J connectivity index is 1.24. The van der Waals surface area contributed by atoms with Crippen LogP contribution in [0.15, 0.2) is 0 Å². The maximum Gasteiger partial charge on any atom is 0.329 e. The predicted molar refractivity (Wildman–Crippen MR) is 73.7 cm³/mol. The van der Waals surface area contributed by atoms with E-state index in [9.17, 15) is 9.59 Å². The van der Waals surface area contributed by atoms with Gasteiger partial charge in [0.2, 0.25) is 0 Å². The number of nitrogens with one attached hydrogen (secondary N) is 1. The molecule has 0 aromatic carbocycles. The zero-order valence-corrected chi connectivity index (χ0v) is 12.2. The van der Waals surface area contributed by atoms with Crippen LogP contribution in [0.3, 0.4) is 0 Å². The minimum Gasteiger partial charge on any atom is -0.480 e. The van der Waals surface area contributed by atoms with Gasteiger partial charge in [-0.3, -0.25) is 0 Å². The van der Waals surface area contributed by atoms with Gasteiger partial charge in [-0.2, -0.15) is 0 Å². The van der Waals surface area contributed by atoms with Crippen LogP contribution in [0.4, 0.5) is 4.79 Å². The molecule has 0 spiro atoms. The number of carbonyl (C=O) groups excluding carboxylic acids is 1. The van der Waals surface area contributed by atoms with Gasteiger partial charge < -0.3 is 20.1 Å². The molecule has 0 aromatic heterocycles. The number of carboxylic acids is 1. The van der Waals surface area contributed by atoms with Gasteiger partial charge in [-0.05, 0) is 49.9 Å². The van der Waals surface area contributed by atoms with Gasteiger partial charge in [-0.1, -0.05) is 0 Å². The van der Waals surface area contributed by atoms with Crippen molar-refractivity contribution in [2.45, 2.75) is 37.8 Å². The van der Waals surface area contributed by atoms with Crippen molar-refractivity contribution in [1.82, 2.24) is 10.2 Å². The SMILES string of the molecule is CC1(OCC(=O)O)CN(C(=O)NC2C3C4CCC(C4)C23)C1. The summed E-state index contributed by atoms with van der Waals surface area (Å²) < 4.78 is 5.33. The molecule has 6 nitrogen and oxygen atoms in total. The average molecular weight is 294 g/mol. The first-order chi connectivity index (χ1) is 9.97. The Bertz CT molecular complexity index is 472. The molecule has 3 aliphatic carbocycles. The molecule has 116 valence electrons. The van der Waals surface area contributed by atoms with Crippen molar-refractivity contribution < 1.29 is 19.4 Å². The second kappa shape index (κ2) is 4.35. The average Bonchev–Trinajstić information content (AvgIpc) is 2.81. The van der Waals surface area contributed by atoms with E-state index in [4.69, 9.17) is 9.84 Å². The van der Waals surface area contributed by atoms with E-state index >= 15 is 0 Å². The Kier molecular flexibility index (Phi) is 2.77. The number of ether oxygens (including phenoxy) is 1. The maximum absolute atomic E-state index is 12.2.